The Labute approximate surface area is 265 Å². The Bertz CT molecular complexity index is 1600. The molecular formula is C35H45N5O5. The standard InChI is InChI=1S/C35H45N5O5/c1-8-40(37)30-14-13-28(23(4)32(30)36)29(19-31(41)45-38-34(43)44-35(5,6)7)25-12-11-24-15-16-39(20-27(24)18-25)33(42)26-10-9-21(2)22(3)17-26/h9-14,17-18,29H,8,15-16,19-20,36-37H2,1-7H3,(H,38,43). The van der Waals surface area contributed by atoms with E-state index in [2.05, 4.69) is 17.6 Å². The van der Waals surface area contributed by atoms with Gasteiger partial charge in [-0.2, -0.15) is 0 Å². The van der Waals surface area contributed by atoms with E-state index in [1.807, 2.05) is 69.0 Å². The summed E-state index contributed by atoms with van der Waals surface area (Å²) in [5.74, 6) is 5.04. The molecule has 0 saturated carbocycles. The van der Waals surface area contributed by atoms with Crippen molar-refractivity contribution < 1.29 is 24.0 Å². The Morgan fingerprint density at radius 1 is 1.00 bits per heavy atom. The van der Waals surface area contributed by atoms with Crippen LogP contribution in [-0.2, 0) is 27.3 Å². The summed E-state index contributed by atoms with van der Waals surface area (Å²) in [6.07, 6.45) is -0.218. The number of benzene rings is 3. The molecule has 1 atom stereocenters. The normalized spacial score (nSPS) is 13.5. The monoisotopic (exact) mass is 615 g/mol. The van der Waals surface area contributed by atoms with Crippen molar-refractivity contribution in [3.63, 3.8) is 0 Å². The summed E-state index contributed by atoms with van der Waals surface area (Å²) in [7, 11) is 0. The number of amides is 2. The number of nitrogens with one attached hydrogen (secondary N) is 1. The molecule has 3 aromatic rings. The first-order valence-corrected chi connectivity index (χ1v) is 15.3. The molecule has 1 heterocycles. The van der Waals surface area contributed by atoms with Crippen molar-refractivity contribution in [3.8, 4) is 0 Å². The van der Waals surface area contributed by atoms with Gasteiger partial charge >= 0.3 is 12.1 Å². The first-order chi connectivity index (χ1) is 21.2. The van der Waals surface area contributed by atoms with E-state index in [0.29, 0.717) is 36.6 Å². The number of fused-ring (bicyclic) bond motifs is 1. The van der Waals surface area contributed by atoms with Crippen molar-refractivity contribution in [2.24, 2.45) is 5.84 Å². The molecule has 45 heavy (non-hydrogen) atoms. The van der Waals surface area contributed by atoms with Gasteiger partial charge in [-0.05, 0) is 112 Å². The Hall–Kier alpha value is -4.57. The van der Waals surface area contributed by atoms with Crippen LogP contribution in [0.4, 0.5) is 16.2 Å². The molecular weight excluding hydrogens is 570 g/mol. The fourth-order valence-corrected chi connectivity index (χ4v) is 5.57. The van der Waals surface area contributed by atoms with Crippen LogP contribution in [0.3, 0.4) is 0 Å². The minimum Gasteiger partial charge on any atom is -0.442 e. The van der Waals surface area contributed by atoms with Gasteiger partial charge in [0, 0.05) is 31.1 Å². The van der Waals surface area contributed by atoms with E-state index < -0.39 is 23.6 Å². The molecule has 10 nitrogen and oxygen atoms in total. The van der Waals surface area contributed by atoms with Gasteiger partial charge in [-0.1, -0.05) is 30.3 Å². The lowest BCUT2D eigenvalue weighted by Gasteiger charge is -2.30. The SMILES string of the molecule is CCN(N)c1ccc(C(CC(=O)ONC(=O)OC(C)(C)C)c2ccc3c(c2)CN(C(=O)c2ccc(C)c(C)c2)CC3)c(C)c1N. The molecule has 1 aliphatic rings. The number of hydrogen-bond acceptors (Lipinski definition) is 8. The Kier molecular flexibility index (Phi) is 10.1. The fraction of sp³-hybridized carbons (Fsp3) is 0.400. The van der Waals surface area contributed by atoms with Crippen LogP contribution in [0.25, 0.3) is 0 Å². The number of anilines is 2. The van der Waals surface area contributed by atoms with Crippen molar-refractivity contribution in [3.05, 3.63) is 93.0 Å². The zero-order chi connectivity index (χ0) is 33.1. The molecule has 0 radical (unpaired) electrons. The zero-order valence-electron chi connectivity index (χ0n) is 27.3. The predicted octanol–water partition coefficient (Wildman–Crippen LogP) is 5.60. The fourth-order valence-electron chi connectivity index (χ4n) is 5.57. The summed E-state index contributed by atoms with van der Waals surface area (Å²) in [6.45, 7) is 14.7. The van der Waals surface area contributed by atoms with E-state index in [9.17, 15) is 14.4 Å². The number of rotatable bonds is 7. The molecule has 0 aliphatic carbocycles. The molecule has 5 N–H and O–H groups in total. The summed E-state index contributed by atoms with van der Waals surface area (Å²) in [4.78, 5) is 45.7. The third-order valence-corrected chi connectivity index (χ3v) is 8.26. The molecule has 0 fully saturated rings. The minimum absolute atomic E-state index is 0.0102. The second-order valence-corrected chi connectivity index (χ2v) is 12.6. The van der Waals surface area contributed by atoms with Gasteiger partial charge in [-0.25, -0.2) is 15.4 Å². The molecule has 0 aromatic heterocycles. The molecule has 3 aromatic carbocycles. The Morgan fingerprint density at radius 2 is 1.73 bits per heavy atom. The van der Waals surface area contributed by atoms with Gasteiger partial charge < -0.3 is 25.2 Å². The number of hydrogen-bond donors (Lipinski definition) is 3. The highest BCUT2D eigenvalue weighted by atomic mass is 16.7. The van der Waals surface area contributed by atoms with Gasteiger partial charge in [-0.3, -0.25) is 4.79 Å². The highest BCUT2D eigenvalue weighted by molar-refractivity contribution is 5.94. The van der Waals surface area contributed by atoms with Gasteiger partial charge in [0.1, 0.15) is 5.60 Å². The molecule has 1 aliphatic heterocycles. The maximum atomic E-state index is 13.5. The van der Waals surface area contributed by atoms with Crippen LogP contribution in [0.2, 0.25) is 0 Å². The zero-order valence-corrected chi connectivity index (χ0v) is 27.3. The third kappa shape index (κ3) is 7.94. The molecule has 0 saturated heterocycles. The van der Waals surface area contributed by atoms with Crippen LogP contribution in [0.1, 0.15) is 89.3 Å². The topological polar surface area (TPSA) is 140 Å². The average molecular weight is 616 g/mol. The number of hydrazine groups is 1. The number of aryl methyl sites for hydroxylation is 2. The van der Waals surface area contributed by atoms with Gasteiger partial charge in [-0.15, -0.1) is 5.48 Å². The van der Waals surface area contributed by atoms with Crippen LogP contribution in [0.5, 0.6) is 0 Å². The van der Waals surface area contributed by atoms with Crippen LogP contribution in [0.15, 0.2) is 48.5 Å². The summed E-state index contributed by atoms with van der Waals surface area (Å²) in [6, 6.07) is 15.7. The summed E-state index contributed by atoms with van der Waals surface area (Å²) < 4.78 is 5.19. The van der Waals surface area contributed by atoms with E-state index in [4.69, 9.17) is 21.2 Å². The largest absolute Gasteiger partial charge is 0.442 e. The Morgan fingerprint density at radius 3 is 2.40 bits per heavy atom. The first kappa shape index (κ1) is 33.3. The number of nitrogen functional groups attached to an aromatic ring is 1. The molecule has 0 bridgehead atoms. The van der Waals surface area contributed by atoms with Crippen molar-refractivity contribution in [2.75, 3.05) is 23.8 Å². The van der Waals surface area contributed by atoms with Gasteiger partial charge in [0.2, 0.25) is 0 Å². The van der Waals surface area contributed by atoms with E-state index in [1.165, 1.54) is 0 Å². The lowest BCUT2D eigenvalue weighted by molar-refractivity contribution is -0.150. The second-order valence-electron chi connectivity index (χ2n) is 12.6. The minimum atomic E-state index is -0.859. The molecule has 2 amide bonds. The van der Waals surface area contributed by atoms with E-state index >= 15 is 0 Å². The van der Waals surface area contributed by atoms with Crippen LogP contribution in [-0.4, -0.2) is 41.6 Å². The summed E-state index contributed by atoms with van der Waals surface area (Å²) in [5, 5.41) is 1.57. The van der Waals surface area contributed by atoms with Crippen molar-refractivity contribution >= 4 is 29.3 Å². The highest BCUT2D eigenvalue weighted by Gasteiger charge is 2.27. The van der Waals surface area contributed by atoms with Gasteiger partial charge in [0.05, 0.1) is 17.8 Å². The number of carbonyl (C=O) groups excluding carboxylic acids is 3. The maximum absolute atomic E-state index is 13.5. The van der Waals surface area contributed by atoms with E-state index in [0.717, 1.165) is 45.4 Å². The average Bonchev–Trinajstić information content (AvgIpc) is 2.99. The first-order valence-electron chi connectivity index (χ1n) is 15.3. The quantitative estimate of drug-likeness (QED) is 0.177. The van der Waals surface area contributed by atoms with Gasteiger partial charge in [0.15, 0.2) is 0 Å². The van der Waals surface area contributed by atoms with Crippen LogP contribution >= 0.6 is 0 Å². The lowest BCUT2D eigenvalue weighted by atomic mass is 9.83. The van der Waals surface area contributed by atoms with Crippen molar-refractivity contribution in [1.29, 1.82) is 0 Å². The Balaban J connectivity index is 1.65. The summed E-state index contributed by atoms with van der Waals surface area (Å²) in [5.41, 5.74) is 16.6. The number of nitrogens with zero attached hydrogens (tertiary/aromatic N) is 2. The predicted molar refractivity (Wildman–Crippen MR) is 176 cm³/mol. The molecule has 10 heteroatoms. The lowest BCUT2D eigenvalue weighted by Crippen LogP contribution is -2.36. The van der Waals surface area contributed by atoms with Crippen LogP contribution in [0, 0.1) is 20.8 Å². The molecule has 1 unspecified atom stereocenters. The number of carbonyl (C=O) groups is 3. The van der Waals surface area contributed by atoms with E-state index in [1.54, 1.807) is 25.8 Å². The number of hydroxylamine groups is 1. The molecule has 240 valence electrons. The van der Waals surface area contributed by atoms with E-state index in [-0.39, 0.29) is 12.3 Å². The summed E-state index contributed by atoms with van der Waals surface area (Å²) >= 11 is 0. The van der Waals surface area contributed by atoms with Crippen LogP contribution < -0.4 is 22.1 Å². The molecule has 4 rings (SSSR count). The maximum Gasteiger partial charge on any atom is 0.441 e. The number of ether oxygens (including phenoxy) is 1. The highest BCUT2D eigenvalue weighted by Crippen LogP contribution is 2.38. The van der Waals surface area contributed by atoms with Crippen molar-refractivity contribution in [2.45, 2.75) is 79.4 Å². The second kappa shape index (κ2) is 13.6. The number of nitrogens with two attached hydrogens (primary N) is 2. The van der Waals surface area contributed by atoms with Crippen molar-refractivity contribution in [1.82, 2.24) is 10.4 Å². The van der Waals surface area contributed by atoms with Gasteiger partial charge in [0.25, 0.3) is 5.91 Å². The molecule has 0 spiro atoms. The smallest absolute Gasteiger partial charge is 0.441 e. The third-order valence-electron chi connectivity index (χ3n) is 8.26.